The minimum atomic E-state index is -0.164. The number of thiophene rings is 1. The summed E-state index contributed by atoms with van der Waals surface area (Å²) >= 11 is 1.37. The molecule has 0 bridgehead atoms. The predicted octanol–water partition coefficient (Wildman–Crippen LogP) is 5.65. The number of hydrogen-bond donors (Lipinski definition) is 3. The summed E-state index contributed by atoms with van der Waals surface area (Å²) in [7, 11) is 0. The molecule has 3 N–H and O–H groups in total. The van der Waals surface area contributed by atoms with Crippen LogP contribution in [0.5, 0.6) is 0 Å². The van der Waals surface area contributed by atoms with E-state index < -0.39 is 0 Å². The summed E-state index contributed by atoms with van der Waals surface area (Å²) in [5.74, 6) is 0.278. The quantitative estimate of drug-likeness (QED) is 0.253. The van der Waals surface area contributed by atoms with Crippen molar-refractivity contribution < 1.29 is 9.59 Å². The molecule has 0 aliphatic carbocycles. The molecule has 1 aliphatic heterocycles. The van der Waals surface area contributed by atoms with Crippen molar-refractivity contribution >= 4 is 44.9 Å². The SMILES string of the molecule is CC(C)Nc1nc(-c2ccc(NC(=O)c3cc4cccnc4s3)cc2)ccc1C(=O)NCCN1CCCCC1. The first-order chi connectivity index (χ1) is 19.0. The predicted molar refractivity (Wildman–Crippen MR) is 159 cm³/mol. The number of piperidine rings is 1. The van der Waals surface area contributed by atoms with Gasteiger partial charge in [-0.3, -0.25) is 9.59 Å². The number of carbonyl (C=O) groups is 2. The highest BCUT2D eigenvalue weighted by Crippen LogP contribution is 2.26. The summed E-state index contributed by atoms with van der Waals surface area (Å²) in [6, 6.07) is 17.0. The highest BCUT2D eigenvalue weighted by Gasteiger charge is 2.17. The zero-order chi connectivity index (χ0) is 27.2. The summed E-state index contributed by atoms with van der Waals surface area (Å²) in [6.45, 7) is 7.75. The van der Waals surface area contributed by atoms with Crippen LogP contribution in [0.4, 0.5) is 11.5 Å². The molecule has 9 heteroatoms. The van der Waals surface area contributed by atoms with Crippen LogP contribution in [-0.2, 0) is 0 Å². The number of nitrogens with one attached hydrogen (secondary N) is 3. The van der Waals surface area contributed by atoms with Gasteiger partial charge >= 0.3 is 0 Å². The van der Waals surface area contributed by atoms with Crippen molar-refractivity contribution in [3.63, 3.8) is 0 Å². The van der Waals surface area contributed by atoms with Gasteiger partial charge in [0.25, 0.3) is 11.8 Å². The van der Waals surface area contributed by atoms with Crippen molar-refractivity contribution in [2.24, 2.45) is 0 Å². The van der Waals surface area contributed by atoms with Crippen molar-refractivity contribution in [2.75, 3.05) is 36.8 Å². The van der Waals surface area contributed by atoms with Crippen LogP contribution < -0.4 is 16.0 Å². The third-order valence-electron chi connectivity index (χ3n) is 6.68. The first kappa shape index (κ1) is 26.8. The maximum Gasteiger partial charge on any atom is 0.265 e. The maximum atomic E-state index is 13.0. The zero-order valence-electron chi connectivity index (χ0n) is 22.4. The Bertz CT molecular complexity index is 1410. The molecule has 39 heavy (non-hydrogen) atoms. The van der Waals surface area contributed by atoms with E-state index in [-0.39, 0.29) is 17.9 Å². The van der Waals surface area contributed by atoms with E-state index in [1.165, 1.54) is 30.6 Å². The van der Waals surface area contributed by atoms with E-state index in [1.54, 1.807) is 6.20 Å². The van der Waals surface area contributed by atoms with Gasteiger partial charge in [-0.25, -0.2) is 9.97 Å². The van der Waals surface area contributed by atoms with Crippen molar-refractivity contribution in [2.45, 2.75) is 39.2 Å². The Hall–Kier alpha value is -3.82. The van der Waals surface area contributed by atoms with Gasteiger partial charge in [0.2, 0.25) is 0 Å². The molecular formula is C30H34N6O2S. The Kier molecular flexibility index (Phi) is 8.48. The highest BCUT2D eigenvalue weighted by atomic mass is 32.1. The number of rotatable bonds is 9. The molecule has 4 aromatic rings. The molecule has 1 aromatic carbocycles. The van der Waals surface area contributed by atoms with Gasteiger partial charge in [-0.1, -0.05) is 24.6 Å². The average molecular weight is 543 g/mol. The third-order valence-corrected chi connectivity index (χ3v) is 7.74. The minimum absolute atomic E-state index is 0.120. The van der Waals surface area contributed by atoms with Gasteiger partial charge in [0, 0.05) is 42.0 Å². The Morgan fingerprint density at radius 3 is 2.54 bits per heavy atom. The van der Waals surface area contributed by atoms with E-state index in [1.807, 2.05) is 68.4 Å². The molecule has 0 unspecified atom stereocenters. The topological polar surface area (TPSA) is 99.2 Å². The molecular weight excluding hydrogens is 508 g/mol. The van der Waals surface area contributed by atoms with E-state index in [9.17, 15) is 9.59 Å². The first-order valence-corrected chi connectivity index (χ1v) is 14.3. The summed E-state index contributed by atoms with van der Waals surface area (Å²) in [5, 5.41) is 10.3. The molecule has 0 spiro atoms. The first-order valence-electron chi connectivity index (χ1n) is 13.5. The van der Waals surface area contributed by atoms with Gasteiger partial charge in [0.05, 0.1) is 16.1 Å². The average Bonchev–Trinajstić information content (AvgIpc) is 3.38. The van der Waals surface area contributed by atoms with Crippen molar-refractivity contribution in [3.8, 4) is 11.3 Å². The molecule has 1 aliphatic rings. The Morgan fingerprint density at radius 2 is 1.79 bits per heavy atom. The lowest BCUT2D eigenvalue weighted by molar-refractivity contribution is 0.0946. The normalized spacial score (nSPS) is 13.9. The molecule has 0 radical (unpaired) electrons. The van der Waals surface area contributed by atoms with Gasteiger partial charge in [0.1, 0.15) is 10.6 Å². The van der Waals surface area contributed by atoms with Crippen LogP contribution in [0.2, 0.25) is 0 Å². The lowest BCUT2D eigenvalue weighted by atomic mass is 10.1. The zero-order valence-corrected chi connectivity index (χ0v) is 23.2. The van der Waals surface area contributed by atoms with E-state index in [4.69, 9.17) is 4.98 Å². The molecule has 3 aromatic heterocycles. The van der Waals surface area contributed by atoms with Crippen LogP contribution in [0, 0.1) is 0 Å². The van der Waals surface area contributed by atoms with Crippen molar-refractivity contribution in [1.29, 1.82) is 0 Å². The molecule has 5 rings (SSSR count). The minimum Gasteiger partial charge on any atom is -0.367 e. The second-order valence-corrected chi connectivity index (χ2v) is 11.1. The molecule has 0 atom stereocenters. The molecule has 8 nitrogen and oxygen atoms in total. The number of amides is 2. The third kappa shape index (κ3) is 6.79. The number of nitrogens with zero attached hydrogens (tertiary/aromatic N) is 3. The van der Waals surface area contributed by atoms with E-state index in [0.717, 1.165) is 41.1 Å². The molecule has 2 amide bonds. The van der Waals surface area contributed by atoms with Gasteiger partial charge in [-0.2, -0.15) is 0 Å². The molecule has 202 valence electrons. The van der Waals surface area contributed by atoms with Crippen LogP contribution in [-0.4, -0.2) is 58.9 Å². The fourth-order valence-electron chi connectivity index (χ4n) is 4.69. The molecule has 4 heterocycles. The lowest BCUT2D eigenvalue weighted by Gasteiger charge is -2.26. The van der Waals surface area contributed by atoms with Gasteiger partial charge in [-0.15, -0.1) is 11.3 Å². The van der Waals surface area contributed by atoms with Crippen LogP contribution in [0.15, 0.2) is 60.8 Å². The summed E-state index contributed by atoms with van der Waals surface area (Å²) < 4.78 is 0. The van der Waals surface area contributed by atoms with Crippen LogP contribution >= 0.6 is 11.3 Å². The van der Waals surface area contributed by atoms with Crippen LogP contribution in [0.1, 0.15) is 53.1 Å². The van der Waals surface area contributed by atoms with Crippen LogP contribution in [0.3, 0.4) is 0 Å². The highest BCUT2D eigenvalue weighted by molar-refractivity contribution is 7.20. The maximum absolute atomic E-state index is 13.0. The summed E-state index contributed by atoms with van der Waals surface area (Å²) in [5.41, 5.74) is 2.87. The molecule has 1 fully saturated rings. The number of pyridine rings is 2. The Morgan fingerprint density at radius 1 is 1.00 bits per heavy atom. The second-order valence-electron chi connectivity index (χ2n) is 10.1. The smallest absolute Gasteiger partial charge is 0.265 e. The van der Waals surface area contributed by atoms with Crippen LogP contribution in [0.25, 0.3) is 21.5 Å². The van der Waals surface area contributed by atoms with Gasteiger partial charge in [-0.05, 0) is 76.2 Å². The molecule has 0 saturated carbocycles. The van der Waals surface area contributed by atoms with Gasteiger partial charge in [0.15, 0.2) is 0 Å². The summed E-state index contributed by atoms with van der Waals surface area (Å²) in [6.07, 6.45) is 5.50. The monoisotopic (exact) mass is 542 g/mol. The Labute approximate surface area is 232 Å². The number of hydrogen-bond acceptors (Lipinski definition) is 7. The number of anilines is 2. The van der Waals surface area contributed by atoms with E-state index >= 15 is 0 Å². The van der Waals surface area contributed by atoms with E-state index in [2.05, 4.69) is 25.8 Å². The summed E-state index contributed by atoms with van der Waals surface area (Å²) in [4.78, 5) is 38.7. The molecule has 1 saturated heterocycles. The number of benzene rings is 1. The number of fused-ring (bicyclic) bond motifs is 1. The number of carbonyl (C=O) groups excluding carboxylic acids is 2. The number of likely N-dealkylation sites (tertiary alicyclic amines) is 1. The largest absolute Gasteiger partial charge is 0.367 e. The van der Waals surface area contributed by atoms with Crippen molar-refractivity contribution in [3.05, 3.63) is 71.2 Å². The Balaban J connectivity index is 1.25. The number of aromatic nitrogens is 2. The van der Waals surface area contributed by atoms with E-state index in [0.29, 0.717) is 28.5 Å². The fourth-order valence-corrected chi connectivity index (χ4v) is 5.59. The second kappa shape index (κ2) is 12.4. The van der Waals surface area contributed by atoms with Gasteiger partial charge < -0.3 is 20.9 Å². The van der Waals surface area contributed by atoms with Crippen molar-refractivity contribution in [1.82, 2.24) is 20.2 Å². The standard InChI is InChI=1S/C30H34N6O2S/c1-20(2)33-27-24(28(37)31-15-18-36-16-4-3-5-17-36)12-13-25(35-27)21-8-10-23(11-9-21)34-29(38)26-19-22-7-6-14-32-30(22)39-26/h6-14,19-20H,3-5,15-18H2,1-2H3,(H,31,37)(H,33,35)(H,34,38). The fraction of sp³-hybridized carbons (Fsp3) is 0.333. The lowest BCUT2D eigenvalue weighted by Crippen LogP contribution is -2.37.